The van der Waals surface area contributed by atoms with E-state index in [2.05, 4.69) is 20.3 Å². The number of sulfonamides is 1. The number of hydrogen-bond acceptors (Lipinski definition) is 4. The average Bonchev–Trinajstić information content (AvgIpc) is 2.59. The Kier molecular flexibility index (Phi) is 7.40. The minimum Gasteiger partial charge on any atom is -0.334 e. The summed E-state index contributed by atoms with van der Waals surface area (Å²) in [6, 6.07) is 13.8. The molecule has 0 spiro atoms. The lowest BCUT2D eigenvalue weighted by Crippen LogP contribution is -2.40. The van der Waals surface area contributed by atoms with Gasteiger partial charge in [0.2, 0.25) is 10.0 Å². The van der Waals surface area contributed by atoms with Crippen molar-refractivity contribution >= 4 is 21.7 Å². The van der Waals surface area contributed by atoms with Gasteiger partial charge in [-0.2, -0.15) is 0 Å². The molecule has 2 aromatic carbocycles. The van der Waals surface area contributed by atoms with Crippen LogP contribution in [0.5, 0.6) is 0 Å². The van der Waals surface area contributed by atoms with E-state index in [1.54, 1.807) is 32.9 Å². The summed E-state index contributed by atoms with van der Waals surface area (Å²) < 4.78 is 27.5. The molecule has 0 saturated carbocycles. The molecular weight excluding hydrogens is 388 g/mol. The molecule has 0 aliphatic rings. The Morgan fingerprint density at radius 1 is 1.00 bits per heavy atom. The Hall–Kier alpha value is -2.42. The van der Waals surface area contributed by atoms with Crippen molar-refractivity contribution in [1.29, 1.82) is 0 Å². The molecule has 0 atom stereocenters. The predicted molar refractivity (Wildman–Crippen MR) is 116 cm³/mol. The highest BCUT2D eigenvalue weighted by molar-refractivity contribution is 7.89. The second-order valence-corrected chi connectivity index (χ2v) is 9.93. The Balaban J connectivity index is 1.96. The summed E-state index contributed by atoms with van der Waals surface area (Å²) >= 11 is 0. The van der Waals surface area contributed by atoms with Gasteiger partial charge in [-0.25, -0.2) is 17.9 Å². The van der Waals surface area contributed by atoms with E-state index in [0.717, 1.165) is 12.1 Å². The molecule has 0 saturated heterocycles. The standard InChI is InChI=1S/C21H30N4O3S/c1-21(2,3)24-29(27,28)19-8-6-7-18(13-19)23-20(26)22-14-16-9-11-17(12-10-16)15-25(4)5/h6-13,24H,14-15H2,1-5H3,(H2,22,23,26). The monoisotopic (exact) mass is 418 g/mol. The summed E-state index contributed by atoms with van der Waals surface area (Å²) in [5.41, 5.74) is 1.99. The zero-order valence-corrected chi connectivity index (χ0v) is 18.4. The van der Waals surface area contributed by atoms with E-state index in [4.69, 9.17) is 0 Å². The van der Waals surface area contributed by atoms with E-state index < -0.39 is 21.6 Å². The predicted octanol–water partition coefficient (Wildman–Crippen LogP) is 3.15. The lowest BCUT2D eigenvalue weighted by molar-refractivity contribution is 0.251. The molecule has 3 N–H and O–H groups in total. The number of rotatable bonds is 7. The van der Waals surface area contributed by atoms with Gasteiger partial charge in [-0.15, -0.1) is 0 Å². The molecule has 2 aromatic rings. The van der Waals surface area contributed by atoms with Crippen LogP contribution >= 0.6 is 0 Å². The second-order valence-electron chi connectivity index (χ2n) is 8.25. The fourth-order valence-corrected chi connectivity index (χ4v) is 4.15. The first-order valence-electron chi connectivity index (χ1n) is 9.36. The fourth-order valence-electron chi connectivity index (χ4n) is 2.69. The maximum atomic E-state index is 12.4. The molecule has 0 aliphatic heterocycles. The highest BCUT2D eigenvalue weighted by Crippen LogP contribution is 2.17. The first kappa shape index (κ1) is 22.9. The topological polar surface area (TPSA) is 90.5 Å². The molecule has 0 aromatic heterocycles. The molecule has 2 amide bonds. The molecule has 0 aliphatic carbocycles. The van der Waals surface area contributed by atoms with Gasteiger partial charge < -0.3 is 15.5 Å². The number of hydrogen-bond donors (Lipinski definition) is 3. The van der Waals surface area contributed by atoms with Crippen LogP contribution in [-0.2, 0) is 23.1 Å². The summed E-state index contributed by atoms with van der Waals surface area (Å²) in [4.78, 5) is 14.4. The van der Waals surface area contributed by atoms with E-state index in [0.29, 0.717) is 12.2 Å². The van der Waals surface area contributed by atoms with Gasteiger partial charge in [-0.1, -0.05) is 30.3 Å². The lowest BCUT2D eigenvalue weighted by atomic mass is 10.1. The third-order valence-electron chi connectivity index (χ3n) is 3.82. The Morgan fingerprint density at radius 2 is 1.62 bits per heavy atom. The minimum absolute atomic E-state index is 0.0988. The van der Waals surface area contributed by atoms with Crippen LogP contribution in [0.25, 0.3) is 0 Å². The maximum absolute atomic E-state index is 12.4. The number of nitrogens with zero attached hydrogens (tertiary/aromatic N) is 1. The van der Waals surface area contributed by atoms with Crippen molar-refractivity contribution in [3.8, 4) is 0 Å². The number of carbonyl (C=O) groups excluding carboxylic acids is 1. The molecule has 0 unspecified atom stereocenters. The number of nitrogens with one attached hydrogen (secondary N) is 3. The van der Waals surface area contributed by atoms with Crippen molar-refractivity contribution in [2.45, 2.75) is 44.3 Å². The normalized spacial score (nSPS) is 12.1. The quantitative estimate of drug-likeness (QED) is 0.644. The van der Waals surface area contributed by atoms with Crippen LogP contribution < -0.4 is 15.4 Å². The Morgan fingerprint density at radius 3 is 2.21 bits per heavy atom. The maximum Gasteiger partial charge on any atom is 0.319 e. The first-order chi connectivity index (χ1) is 13.4. The largest absolute Gasteiger partial charge is 0.334 e. The zero-order chi connectivity index (χ0) is 21.7. The van der Waals surface area contributed by atoms with Crippen molar-refractivity contribution in [2.75, 3.05) is 19.4 Å². The fraction of sp³-hybridized carbons (Fsp3) is 0.381. The van der Waals surface area contributed by atoms with Crippen LogP contribution in [0.1, 0.15) is 31.9 Å². The molecule has 0 fully saturated rings. The van der Waals surface area contributed by atoms with Crippen LogP contribution in [0.2, 0.25) is 0 Å². The average molecular weight is 419 g/mol. The summed E-state index contributed by atoms with van der Waals surface area (Å²) in [5, 5.41) is 5.45. The third kappa shape index (κ3) is 7.84. The number of benzene rings is 2. The molecule has 2 rings (SSSR count). The van der Waals surface area contributed by atoms with Gasteiger partial charge >= 0.3 is 6.03 Å². The van der Waals surface area contributed by atoms with Gasteiger partial charge in [-0.05, 0) is 64.2 Å². The van der Waals surface area contributed by atoms with Crippen LogP contribution in [0.15, 0.2) is 53.4 Å². The zero-order valence-electron chi connectivity index (χ0n) is 17.6. The van der Waals surface area contributed by atoms with Crippen molar-refractivity contribution in [1.82, 2.24) is 14.9 Å². The van der Waals surface area contributed by atoms with Crippen molar-refractivity contribution < 1.29 is 13.2 Å². The summed E-state index contributed by atoms with van der Waals surface area (Å²) in [6.45, 7) is 6.54. The molecular formula is C21H30N4O3S. The molecule has 29 heavy (non-hydrogen) atoms. The van der Waals surface area contributed by atoms with Gasteiger partial charge in [0, 0.05) is 24.3 Å². The molecule has 158 valence electrons. The SMILES string of the molecule is CN(C)Cc1ccc(CNC(=O)Nc2cccc(S(=O)(=O)NC(C)(C)C)c2)cc1. The van der Waals surface area contributed by atoms with Crippen molar-refractivity contribution in [2.24, 2.45) is 0 Å². The molecule has 0 bridgehead atoms. The van der Waals surface area contributed by atoms with Crippen LogP contribution in [0, 0.1) is 0 Å². The number of urea groups is 1. The Labute approximate surface area is 173 Å². The van der Waals surface area contributed by atoms with Gasteiger partial charge in [0.15, 0.2) is 0 Å². The number of anilines is 1. The minimum atomic E-state index is -3.67. The summed E-state index contributed by atoms with van der Waals surface area (Å²) in [6.07, 6.45) is 0. The molecule has 8 heteroatoms. The van der Waals surface area contributed by atoms with E-state index in [-0.39, 0.29) is 4.90 Å². The number of carbonyl (C=O) groups is 1. The smallest absolute Gasteiger partial charge is 0.319 e. The second kappa shape index (κ2) is 9.39. The van der Waals surface area contributed by atoms with Crippen LogP contribution in [0.4, 0.5) is 10.5 Å². The van der Waals surface area contributed by atoms with E-state index in [1.165, 1.54) is 17.7 Å². The van der Waals surface area contributed by atoms with Crippen molar-refractivity contribution in [3.05, 3.63) is 59.7 Å². The Bertz CT molecular complexity index is 933. The molecule has 0 radical (unpaired) electrons. The van der Waals surface area contributed by atoms with Crippen molar-refractivity contribution in [3.63, 3.8) is 0 Å². The summed E-state index contributed by atoms with van der Waals surface area (Å²) in [7, 11) is 0.357. The number of amides is 2. The third-order valence-corrected chi connectivity index (χ3v) is 5.57. The highest BCUT2D eigenvalue weighted by Gasteiger charge is 2.22. The van der Waals surface area contributed by atoms with Crippen LogP contribution in [-0.4, -0.2) is 39.0 Å². The van der Waals surface area contributed by atoms with Crippen LogP contribution in [0.3, 0.4) is 0 Å². The first-order valence-corrected chi connectivity index (χ1v) is 10.8. The van der Waals surface area contributed by atoms with Gasteiger partial charge in [0.05, 0.1) is 4.90 Å². The highest BCUT2D eigenvalue weighted by atomic mass is 32.2. The van der Waals surface area contributed by atoms with Gasteiger partial charge in [0.25, 0.3) is 0 Å². The van der Waals surface area contributed by atoms with Gasteiger partial charge in [0.1, 0.15) is 0 Å². The van der Waals surface area contributed by atoms with Gasteiger partial charge in [-0.3, -0.25) is 0 Å². The summed E-state index contributed by atoms with van der Waals surface area (Å²) in [5.74, 6) is 0. The molecule has 7 nitrogen and oxygen atoms in total. The van der Waals surface area contributed by atoms with E-state index in [9.17, 15) is 13.2 Å². The van der Waals surface area contributed by atoms with E-state index >= 15 is 0 Å². The van der Waals surface area contributed by atoms with E-state index in [1.807, 2.05) is 38.4 Å². The molecule has 0 heterocycles. The lowest BCUT2D eigenvalue weighted by Gasteiger charge is -2.20.